The summed E-state index contributed by atoms with van der Waals surface area (Å²) in [5.74, 6) is -1.67. The first-order valence-corrected chi connectivity index (χ1v) is 10.8. The zero-order valence-corrected chi connectivity index (χ0v) is 18.4. The summed E-state index contributed by atoms with van der Waals surface area (Å²) in [4.78, 5) is 28.5. The van der Waals surface area contributed by atoms with E-state index in [1.54, 1.807) is 12.1 Å². The number of imide groups is 1. The third-order valence-electron chi connectivity index (χ3n) is 4.28. The highest BCUT2D eigenvalue weighted by Crippen LogP contribution is 2.38. The van der Waals surface area contributed by atoms with Crippen LogP contribution < -0.4 is 10.2 Å². The van der Waals surface area contributed by atoms with Gasteiger partial charge < -0.3 is 5.32 Å². The average Bonchev–Trinajstić information content (AvgIpc) is 2.96. The molecule has 2 amide bonds. The van der Waals surface area contributed by atoms with Crippen LogP contribution in [0.1, 0.15) is 0 Å². The number of amides is 2. The molecule has 0 saturated heterocycles. The lowest BCUT2D eigenvalue weighted by molar-refractivity contribution is -0.120. The van der Waals surface area contributed by atoms with E-state index < -0.39 is 17.6 Å². The number of anilines is 2. The molecule has 30 heavy (non-hydrogen) atoms. The van der Waals surface area contributed by atoms with Crippen molar-refractivity contribution in [3.05, 3.63) is 98.7 Å². The van der Waals surface area contributed by atoms with E-state index >= 15 is 0 Å². The second kappa shape index (κ2) is 8.63. The number of hydrogen-bond donors (Lipinski definition) is 1. The van der Waals surface area contributed by atoms with Crippen LogP contribution in [0.15, 0.2) is 92.8 Å². The molecule has 3 aromatic carbocycles. The Balaban J connectivity index is 1.75. The Morgan fingerprint density at radius 1 is 0.933 bits per heavy atom. The molecule has 1 N–H and O–H groups in total. The lowest BCUT2D eigenvalue weighted by atomic mass is 10.2. The first-order valence-electron chi connectivity index (χ1n) is 8.77. The van der Waals surface area contributed by atoms with E-state index in [0.717, 1.165) is 20.3 Å². The number of halogens is 3. The smallest absolute Gasteiger partial charge is 0.283 e. The first-order chi connectivity index (χ1) is 14.4. The van der Waals surface area contributed by atoms with Gasteiger partial charge in [0.25, 0.3) is 11.8 Å². The molecule has 0 radical (unpaired) electrons. The average molecular weight is 504 g/mol. The first kappa shape index (κ1) is 20.7. The third-order valence-corrected chi connectivity index (χ3v) is 6.19. The highest BCUT2D eigenvalue weighted by Gasteiger charge is 2.40. The number of hydrogen-bond acceptors (Lipinski definition) is 4. The van der Waals surface area contributed by atoms with Crippen LogP contribution in [0, 0.1) is 5.82 Å². The van der Waals surface area contributed by atoms with Crippen LogP contribution in [-0.2, 0) is 9.59 Å². The number of nitrogens with zero attached hydrogens (tertiary/aromatic N) is 1. The van der Waals surface area contributed by atoms with Crippen LogP contribution in [0.2, 0.25) is 5.02 Å². The molecule has 0 aliphatic carbocycles. The van der Waals surface area contributed by atoms with Crippen LogP contribution in [-0.4, -0.2) is 11.8 Å². The lowest BCUT2D eigenvalue weighted by Gasteiger charge is -2.15. The summed E-state index contributed by atoms with van der Waals surface area (Å²) >= 11 is 10.4. The summed E-state index contributed by atoms with van der Waals surface area (Å²) in [6.45, 7) is 0. The summed E-state index contributed by atoms with van der Waals surface area (Å²) in [5, 5.41) is 2.90. The van der Waals surface area contributed by atoms with Crippen LogP contribution in [0.25, 0.3) is 0 Å². The fourth-order valence-corrected chi connectivity index (χ4v) is 4.24. The van der Waals surface area contributed by atoms with Gasteiger partial charge in [-0.15, -0.1) is 0 Å². The predicted molar refractivity (Wildman–Crippen MR) is 121 cm³/mol. The number of benzene rings is 3. The predicted octanol–water partition coefficient (Wildman–Crippen LogP) is 6.23. The number of nitrogens with one attached hydrogen (secondary N) is 1. The van der Waals surface area contributed by atoms with Gasteiger partial charge in [-0.3, -0.25) is 9.59 Å². The van der Waals surface area contributed by atoms with Crippen molar-refractivity contribution in [2.75, 3.05) is 10.2 Å². The van der Waals surface area contributed by atoms with Gasteiger partial charge in [-0.2, -0.15) is 0 Å². The molecular formula is C22H13BrClFN2O2S. The zero-order chi connectivity index (χ0) is 21.3. The van der Waals surface area contributed by atoms with Gasteiger partial charge in [-0.05, 0) is 54.6 Å². The summed E-state index contributed by atoms with van der Waals surface area (Å²) < 4.78 is 14.5. The van der Waals surface area contributed by atoms with E-state index in [4.69, 9.17) is 11.6 Å². The Morgan fingerprint density at radius 2 is 1.63 bits per heavy atom. The molecule has 0 spiro atoms. The minimum absolute atomic E-state index is 0.150. The van der Waals surface area contributed by atoms with Crippen molar-refractivity contribution in [3.8, 4) is 0 Å². The van der Waals surface area contributed by atoms with Gasteiger partial charge in [0.2, 0.25) is 0 Å². The van der Waals surface area contributed by atoms with Gasteiger partial charge in [0, 0.05) is 15.1 Å². The van der Waals surface area contributed by atoms with Crippen LogP contribution in [0.5, 0.6) is 0 Å². The topological polar surface area (TPSA) is 49.4 Å². The SMILES string of the molecule is O=C1C(Nc2ccc(Br)cc2)=C(Sc2ccccc2)C(=O)N1c1ccc(F)c(Cl)c1. The van der Waals surface area contributed by atoms with Crippen LogP contribution in [0.3, 0.4) is 0 Å². The summed E-state index contributed by atoms with van der Waals surface area (Å²) in [7, 11) is 0. The molecule has 1 heterocycles. The Bertz CT molecular complexity index is 1170. The molecule has 0 aromatic heterocycles. The van der Waals surface area contributed by atoms with E-state index in [1.165, 1.54) is 23.9 Å². The second-order valence-corrected chi connectivity index (χ2v) is 8.70. The van der Waals surface area contributed by atoms with Crippen molar-refractivity contribution in [2.45, 2.75) is 4.90 Å². The van der Waals surface area contributed by atoms with Crippen molar-refractivity contribution in [2.24, 2.45) is 0 Å². The van der Waals surface area contributed by atoms with Gasteiger partial charge in [0.05, 0.1) is 10.7 Å². The molecule has 0 bridgehead atoms. The minimum atomic E-state index is -0.625. The van der Waals surface area contributed by atoms with Crippen molar-refractivity contribution >= 4 is 62.5 Å². The number of carbonyl (C=O) groups is 2. The molecule has 0 atom stereocenters. The third kappa shape index (κ3) is 4.14. The molecule has 0 fully saturated rings. The molecule has 1 aliphatic heterocycles. The fourth-order valence-electron chi connectivity index (χ4n) is 2.86. The largest absolute Gasteiger partial charge is 0.350 e. The summed E-state index contributed by atoms with van der Waals surface area (Å²) in [6, 6.07) is 20.2. The van der Waals surface area contributed by atoms with Gasteiger partial charge >= 0.3 is 0 Å². The van der Waals surface area contributed by atoms with E-state index in [0.29, 0.717) is 5.69 Å². The Labute approximate surface area is 189 Å². The molecule has 8 heteroatoms. The molecular weight excluding hydrogens is 491 g/mol. The quantitative estimate of drug-likeness (QED) is 0.419. The van der Waals surface area contributed by atoms with Crippen LogP contribution in [0.4, 0.5) is 15.8 Å². The summed E-state index contributed by atoms with van der Waals surface area (Å²) in [6.07, 6.45) is 0. The molecule has 0 saturated carbocycles. The molecule has 0 unspecified atom stereocenters. The van der Waals surface area contributed by atoms with Gasteiger partial charge in [0.15, 0.2) is 0 Å². The second-order valence-electron chi connectivity index (χ2n) is 6.30. The lowest BCUT2D eigenvalue weighted by Crippen LogP contribution is -2.32. The van der Waals surface area contributed by atoms with Crippen molar-refractivity contribution in [1.29, 1.82) is 0 Å². The molecule has 1 aliphatic rings. The van der Waals surface area contributed by atoms with E-state index in [9.17, 15) is 14.0 Å². The Morgan fingerprint density at radius 3 is 2.30 bits per heavy atom. The standard InChI is InChI=1S/C22H13BrClFN2O2S/c23-13-6-8-14(9-7-13)26-19-20(30-16-4-2-1-3-5-16)22(29)27(21(19)28)15-10-11-18(25)17(24)12-15/h1-12,26H. The molecule has 150 valence electrons. The monoisotopic (exact) mass is 502 g/mol. The fraction of sp³-hybridized carbons (Fsp3) is 0. The number of thioether (sulfide) groups is 1. The van der Waals surface area contributed by atoms with E-state index in [-0.39, 0.29) is 21.3 Å². The molecule has 3 aromatic rings. The maximum Gasteiger partial charge on any atom is 0.283 e. The zero-order valence-electron chi connectivity index (χ0n) is 15.2. The van der Waals surface area contributed by atoms with Crippen LogP contribution >= 0.6 is 39.3 Å². The maximum absolute atomic E-state index is 13.6. The van der Waals surface area contributed by atoms with Gasteiger partial charge in [-0.1, -0.05) is 57.5 Å². The molecule has 4 rings (SSSR count). The minimum Gasteiger partial charge on any atom is -0.350 e. The number of carbonyl (C=O) groups excluding carboxylic acids is 2. The normalized spacial score (nSPS) is 13.9. The van der Waals surface area contributed by atoms with Gasteiger partial charge in [0.1, 0.15) is 16.4 Å². The number of rotatable bonds is 5. The van der Waals surface area contributed by atoms with E-state index in [2.05, 4.69) is 21.2 Å². The Kier molecular flexibility index (Phi) is 5.94. The highest BCUT2D eigenvalue weighted by molar-refractivity contribution is 9.10. The van der Waals surface area contributed by atoms with Crippen molar-refractivity contribution in [3.63, 3.8) is 0 Å². The van der Waals surface area contributed by atoms with E-state index in [1.807, 2.05) is 42.5 Å². The Hall–Kier alpha value is -2.61. The van der Waals surface area contributed by atoms with Gasteiger partial charge in [-0.25, -0.2) is 9.29 Å². The molecule has 4 nitrogen and oxygen atoms in total. The maximum atomic E-state index is 13.6. The highest BCUT2D eigenvalue weighted by atomic mass is 79.9. The summed E-state index contributed by atoms with van der Waals surface area (Å²) in [5.41, 5.74) is 1.01. The van der Waals surface area contributed by atoms with Crippen molar-refractivity contribution in [1.82, 2.24) is 0 Å². The van der Waals surface area contributed by atoms with Crippen molar-refractivity contribution < 1.29 is 14.0 Å².